The fraction of sp³-hybridized carbons (Fsp3) is 0.556. The van der Waals surface area contributed by atoms with Crippen LogP contribution in [0.2, 0.25) is 10.0 Å². The zero-order valence-electron chi connectivity index (χ0n) is 20.8. The second kappa shape index (κ2) is 14.4. The van der Waals surface area contributed by atoms with Crippen molar-refractivity contribution >= 4 is 35.1 Å². The Balaban J connectivity index is 2.18. The first-order valence-electron chi connectivity index (χ1n) is 12.3. The molecule has 0 saturated carbocycles. The Bertz CT molecular complexity index is 923. The van der Waals surface area contributed by atoms with Gasteiger partial charge in [-0.05, 0) is 38.8 Å². The maximum Gasteiger partial charge on any atom is 0.336 e. The fourth-order valence-electron chi connectivity index (χ4n) is 4.28. The second-order valence-corrected chi connectivity index (χ2v) is 9.39. The molecule has 1 atom stereocenters. The summed E-state index contributed by atoms with van der Waals surface area (Å²) in [6, 6.07) is 5.20. The number of carbonyl (C=O) groups excluding carboxylic acids is 2. The molecule has 0 spiro atoms. The van der Waals surface area contributed by atoms with E-state index in [1.165, 1.54) is 32.1 Å². The molecule has 7 heteroatoms. The van der Waals surface area contributed by atoms with Gasteiger partial charge in [0.25, 0.3) is 0 Å². The van der Waals surface area contributed by atoms with Gasteiger partial charge >= 0.3 is 11.9 Å². The lowest BCUT2D eigenvalue weighted by atomic mass is 9.80. The first-order valence-corrected chi connectivity index (χ1v) is 13.1. The predicted molar refractivity (Wildman–Crippen MR) is 138 cm³/mol. The van der Waals surface area contributed by atoms with Crippen LogP contribution in [-0.2, 0) is 19.1 Å². The summed E-state index contributed by atoms with van der Waals surface area (Å²) in [6.45, 7) is 8.08. The van der Waals surface area contributed by atoms with Crippen molar-refractivity contribution < 1.29 is 19.1 Å². The molecule has 0 bridgehead atoms. The molecule has 0 aromatic heterocycles. The molecule has 34 heavy (non-hydrogen) atoms. The normalized spacial score (nSPS) is 15.9. The largest absolute Gasteiger partial charge is 0.463 e. The Hall–Kier alpha value is -1.98. The molecule has 0 radical (unpaired) electrons. The number of benzene rings is 1. The minimum absolute atomic E-state index is 0.215. The van der Waals surface area contributed by atoms with Gasteiger partial charge in [-0.3, -0.25) is 0 Å². The van der Waals surface area contributed by atoms with Crippen LogP contribution in [0.3, 0.4) is 0 Å². The number of carbonyl (C=O) groups is 2. The zero-order chi connectivity index (χ0) is 25.1. The van der Waals surface area contributed by atoms with Gasteiger partial charge in [-0.1, -0.05) is 87.2 Å². The van der Waals surface area contributed by atoms with Gasteiger partial charge in [0.1, 0.15) is 0 Å². The number of esters is 2. The lowest BCUT2D eigenvalue weighted by molar-refractivity contribution is -0.140. The van der Waals surface area contributed by atoms with Crippen molar-refractivity contribution in [3.63, 3.8) is 0 Å². The Labute approximate surface area is 213 Å². The highest BCUT2D eigenvalue weighted by Gasteiger charge is 2.39. The smallest absolute Gasteiger partial charge is 0.336 e. The van der Waals surface area contributed by atoms with Gasteiger partial charge in [-0.2, -0.15) is 0 Å². The third-order valence-corrected chi connectivity index (χ3v) is 6.83. The minimum Gasteiger partial charge on any atom is -0.463 e. The molecule has 0 aliphatic carbocycles. The summed E-state index contributed by atoms with van der Waals surface area (Å²) >= 11 is 12.8. The predicted octanol–water partition coefficient (Wildman–Crippen LogP) is 7.48. The van der Waals surface area contributed by atoms with Crippen molar-refractivity contribution in [2.45, 2.75) is 85.0 Å². The van der Waals surface area contributed by atoms with Crippen LogP contribution < -0.4 is 5.32 Å². The molecule has 0 saturated heterocycles. The summed E-state index contributed by atoms with van der Waals surface area (Å²) in [5.74, 6) is -1.71. The van der Waals surface area contributed by atoms with Gasteiger partial charge in [0, 0.05) is 11.4 Å². The highest BCUT2D eigenvalue weighted by Crippen LogP contribution is 2.43. The molecule has 2 rings (SSSR count). The topological polar surface area (TPSA) is 64.6 Å². The van der Waals surface area contributed by atoms with Crippen LogP contribution in [0.5, 0.6) is 0 Å². The Morgan fingerprint density at radius 1 is 0.853 bits per heavy atom. The average Bonchev–Trinajstić information content (AvgIpc) is 2.79. The van der Waals surface area contributed by atoms with Crippen molar-refractivity contribution in [1.82, 2.24) is 5.32 Å². The van der Waals surface area contributed by atoms with Crippen LogP contribution in [0.4, 0.5) is 0 Å². The lowest BCUT2D eigenvalue weighted by Crippen LogP contribution is -2.32. The fourth-order valence-corrected chi connectivity index (χ4v) is 4.69. The monoisotopic (exact) mass is 509 g/mol. The maximum atomic E-state index is 13.3. The molecule has 0 amide bonds. The van der Waals surface area contributed by atoms with Gasteiger partial charge in [-0.15, -0.1) is 0 Å². The van der Waals surface area contributed by atoms with E-state index in [0.717, 1.165) is 19.3 Å². The SMILES string of the molecule is CCCCCCCCCCOC(=O)C1=C(C)NC(C)=C(C(=O)OCC)C1c1cccc(Cl)c1Cl. The van der Waals surface area contributed by atoms with Crippen molar-refractivity contribution in [3.05, 3.63) is 56.3 Å². The Kier molecular flexibility index (Phi) is 12.0. The highest BCUT2D eigenvalue weighted by atomic mass is 35.5. The van der Waals surface area contributed by atoms with E-state index in [9.17, 15) is 9.59 Å². The van der Waals surface area contributed by atoms with E-state index < -0.39 is 17.9 Å². The molecule has 1 aromatic rings. The molecular formula is C27H37Cl2NO4. The maximum absolute atomic E-state index is 13.3. The molecule has 0 fully saturated rings. The van der Waals surface area contributed by atoms with Gasteiger partial charge in [0.15, 0.2) is 0 Å². The molecule has 5 nitrogen and oxygen atoms in total. The molecule has 1 heterocycles. The van der Waals surface area contributed by atoms with Crippen LogP contribution in [0.1, 0.15) is 90.5 Å². The number of halogens is 2. The summed E-state index contributed by atoms with van der Waals surface area (Å²) in [4.78, 5) is 26.2. The molecule has 1 N–H and O–H groups in total. The van der Waals surface area contributed by atoms with E-state index in [0.29, 0.717) is 44.8 Å². The molecule has 188 valence electrons. The van der Waals surface area contributed by atoms with Crippen LogP contribution in [0.15, 0.2) is 40.7 Å². The summed E-state index contributed by atoms with van der Waals surface area (Å²) in [7, 11) is 0. The van der Waals surface area contributed by atoms with Crippen molar-refractivity contribution in [1.29, 1.82) is 0 Å². The summed E-state index contributed by atoms with van der Waals surface area (Å²) < 4.78 is 11.0. The third-order valence-electron chi connectivity index (χ3n) is 6.00. The molecule has 1 aliphatic heterocycles. The van der Waals surface area contributed by atoms with E-state index in [4.69, 9.17) is 32.7 Å². The number of dihydropyridines is 1. The number of unbranched alkanes of at least 4 members (excludes halogenated alkanes) is 7. The van der Waals surface area contributed by atoms with Gasteiger partial charge in [0.2, 0.25) is 0 Å². The number of ether oxygens (including phenoxy) is 2. The van der Waals surface area contributed by atoms with E-state index in [-0.39, 0.29) is 6.61 Å². The number of hydrogen-bond donors (Lipinski definition) is 1. The summed E-state index contributed by atoms with van der Waals surface area (Å²) in [5.41, 5.74) is 2.47. The highest BCUT2D eigenvalue weighted by molar-refractivity contribution is 6.42. The number of nitrogens with one attached hydrogen (secondary N) is 1. The molecule has 1 unspecified atom stereocenters. The standard InChI is InChI=1S/C27H37Cl2NO4/c1-5-7-8-9-10-11-12-13-17-34-27(32)23-19(4)30-18(3)22(26(31)33-6-2)24(23)20-15-14-16-21(28)25(20)29/h14-16,24,30H,5-13,17H2,1-4H3. The number of hydrogen-bond acceptors (Lipinski definition) is 5. The van der Waals surface area contributed by atoms with Crippen molar-refractivity contribution in [2.75, 3.05) is 13.2 Å². The van der Waals surface area contributed by atoms with E-state index in [2.05, 4.69) is 12.2 Å². The van der Waals surface area contributed by atoms with Crippen molar-refractivity contribution in [2.24, 2.45) is 0 Å². The Morgan fingerprint density at radius 2 is 1.41 bits per heavy atom. The first-order chi connectivity index (χ1) is 16.3. The Morgan fingerprint density at radius 3 is 2.00 bits per heavy atom. The van der Waals surface area contributed by atoms with Gasteiger partial charge in [-0.25, -0.2) is 9.59 Å². The van der Waals surface area contributed by atoms with Gasteiger partial charge in [0.05, 0.1) is 40.3 Å². The zero-order valence-corrected chi connectivity index (χ0v) is 22.3. The number of rotatable bonds is 13. The van der Waals surface area contributed by atoms with Crippen LogP contribution in [0, 0.1) is 0 Å². The number of allylic oxidation sites excluding steroid dienone is 2. The average molecular weight is 511 g/mol. The molecule has 1 aliphatic rings. The lowest BCUT2D eigenvalue weighted by Gasteiger charge is -2.31. The van der Waals surface area contributed by atoms with Crippen LogP contribution >= 0.6 is 23.2 Å². The summed E-state index contributed by atoms with van der Waals surface area (Å²) in [5, 5.41) is 3.80. The van der Waals surface area contributed by atoms with E-state index >= 15 is 0 Å². The van der Waals surface area contributed by atoms with Crippen LogP contribution in [0.25, 0.3) is 0 Å². The van der Waals surface area contributed by atoms with Gasteiger partial charge < -0.3 is 14.8 Å². The molecular weight excluding hydrogens is 473 g/mol. The third kappa shape index (κ3) is 7.51. The summed E-state index contributed by atoms with van der Waals surface area (Å²) in [6.07, 6.45) is 9.26. The quantitative estimate of drug-likeness (QED) is 0.220. The molecule has 1 aromatic carbocycles. The first kappa shape index (κ1) is 28.3. The van der Waals surface area contributed by atoms with Crippen LogP contribution in [-0.4, -0.2) is 25.2 Å². The second-order valence-electron chi connectivity index (χ2n) is 8.61. The van der Waals surface area contributed by atoms with Crippen molar-refractivity contribution in [3.8, 4) is 0 Å². The minimum atomic E-state index is -0.738. The van der Waals surface area contributed by atoms with E-state index in [1.807, 2.05) is 0 Å². The van der Waals surface area contributed by atoms with E-state index in [1.54, 1.807) is 39.0 Å².